The first kappa shape index (κ1) is 34.0. The highest BCUT2D eigenvalue weighted by Gasteiger charge is 2.40. The van der Waals surface area contributed by atoms with Crippen molar-refractivity contribution in [3.05, 3.63) is 43.6 Å². The number of hydrogen-bond donors (Lipinski definition) is 2. The minimum atomic E-state index is -0.758. The molecule has 0 radical (unpaired) electrons. The first-order valence-electron chi connectivity index (χ1n) is 15.6. The first-order chi connectivity index (χ1) is 22.2. The number of nitro benzene ring substituents is 2. The fourth-order valence-electron chi connectivity index (χ4n) is 5.49. The Morgan fingerprint density at radius 2 is 1.33 bits per heavy atom. The molecule has 14 nitrogen and oxygen atoms in total. The standard InChI is InChI=1S/C32H40N4O10/c1-5-7-9-11-13-15-45-31-19(35(39)40)17-21(43-3)25-23(31)29(37)27(33-25)28-30(38)24-26(34-28)22(44-4)18-20(36(41)42)32(24)46-16-14-12-10-8-6-2/h17-18,33,37H,5-16H2,1-4H3. The summed E-state index contributed by atoms with van der Waals surface area (Å²) in [5.74, 6) is -1.70. The Labute approximate surface area is 266 Å². The van der Waals surface area contributed by atoms with Gasteiger partial charge in [-0.2, -0.15) is 0 Å². The van der Waals surface area contributed by atoms with Gasteiger partial charge < -0.3 is 29.0 Å². The maximum Gasteiger partial charge on any atom is 0.315 e. The summed E-state index contributed by atoms with van der Waals surface area (Å²) in [6.45, 7) is 4.50. The number of rotatable bonds is 19. The van der Waals surface area contributed by atoms with Crippen LogP contribution in [0.25, 0.3) is 10.9 Å². The predicted octanol–water partition coefficient (Wildman–Crippen LogP) is 7.72. The molecule has 0 bridgehead atoms. The van der Waals surface area contributed by atoms with Crippen LogP contribution < -0.4 is 18.9 Å². The molecular formula is C32H40N4O10. The minimum absolute atomic E-state index is 0.00800. The smallest absolute Gasteiger partial charge is 0.315 e. The number of nitrogens with one attached hydrogen (secondary N) is 1. The molecule has 1 aliphatic heterocycles. The second kappa shape index (κ2) is 15.4. The summed E-state index contributed by atoms with van der Waals surface area (Å²) in [4.78, 5) is 44.2. The number of carbonyl (C=O) groups excluding carboxylic acids is 1. The number of unbranched alkanes of at least 4 members (excludes halogenated alkanes) is 8. The maximum absolute atomic E-state index is 14.0. The van der Waals surface area contributed by atoms with E-state index in [1.807, 2.05) is 0 Å². The highest BCUT2D eigenvalue weighted by Crippen LogP contribution is 2.51. The second-order valence-electron chi connectivity index (χ2n) is 11.0. The van der Waals surface area contributed by atoms with Gasteiger partial charge in [0, 0.05) is 0 Å². The van der Waals surface area contributed by atoms with E-state index in [9.17, 15) is 30.1 Å². The maximum atomic E-state index is 14.0. The number of aromatic hydroxyl groups is 1. The number of Topliss-reactive ketones (excluding diaryl/α,β-unsaturated/α-hetero) is 1. The van der Waals surface area contributed by atoms with Crippen LogP contribution in [0.1, 0.15) is 94.1 Å². The number of hydrogen-bond acceptors (Lipinski definition) is 11. The molecule has 2 N–H and O–H groups in total. The number of fused-ring (bicyclic) bond motifs is 2. The molecule has 0 spiro atoms. The van der Waals surface area contributed by atoms with Crippen molar-refractivity contribution in [2.45, 2.75) is 78.1 Å². The molecule has 4 rings (SSSR count). The third-order valence-corrected chi connectivity index (χ3v) is 7.87. The van der Waals surface area contributed by atoms with E-state index in [2.05, 4.69) is 23.8 Å². The van der Waals surface area contributed by atoms with Crippen LogP contribution in [0.15, 0.2) is 17.1 Å². The van der Waals surface area contributed by atoms with E-state index in [-0.39, 0.29) is 69.8 Å². The Morgan fingerprint density at radius 1 is 0.804 bits per heavy atom. The zero-order valence-electron chi connectivity index (χ0n) is 26.6. The van der Waals surface area contributed by atoms with Crippen LogP contribution in [0, 0.1) is 20.2 Å². The molecule has 1 aromatic heterocycles. The topological polar surface area (TPSA) is 189 Å². The quantitative estimate of drug-likeness (QED) is 0.0745. The van der Waals surface area contributed by atoms with E-state index in [1.165, 1.54) is 20.3 Å². The van der Waals surface area contributed by atoms with Crippen LogP contribution in [-0.2, 0) is 0 Å². The van der Waals surface area contributed by atoms with E-state index in [1.54, 1.807) is 0 Å². The molecule has 2 aromatic carbocycles. The molecule has 0 atom stereocenters. The van der Waals surface area contributed by atoms with Gasteiger partial charge in [-0.1, -0.05) is 65.2 Å². The number of nitro groups is 2. The fraction of sp³-hybridized carbons (Fsp3) is 0.500. The number of ketones is 1. The molecule has 0 unspecified atom stereocenters. The minimum Gasteiger partial charge on any atom is -0.505 e. The molecule has 248 valence electrons. The Morgan fingerprint density at radius 3 is 1.87 bits per heavy atom. The van der Waals surface area contributed by atoms with Crippen LogP contribution in [0.3, 0.4) is 0 Å². The number of H-pyrrole nitrogens is 1. The number of carbonyl (C=O) groups is 1. The van der Waals surface area contributed by atoms with Crippen LogP contribution in [-0.4, -0.2) is 58.9 Å². The lowest BCUT2D eigenvalue weighted by Gasteiger charge is -2.12. The number of nitrogens with zero attached hydrogens (tertiary/aromatic N) is 3. The van der Waals surface area contributed by atoms with E-state index in [0.717, 1.165) is 57.4 Å². The van der Waals surface area contributed by atoms with Gasteiger partial charge in [0.25, 0.3) is 0 Å². The Bertz CT molecular complexity index is 1650. The van der Waals surface area contributed by atoms with Crippen molar-refractivity contribution in [2.24, 2.45) is 4.99 Å². The van der Waals surface area contributed by atoms with E-state index in [4.69, 9.17) is 18.9 Å². The molecule has 2 heterocycles. The number of aromatic amines is 1. The number of aromatic nitrogens is 1. The number of ether oxygens (including phenoxy) is 4. The van der Waals surface area contributed by atoms with Gasteiger partial charge in [0.2, 0.25) is 17.3 Å². The molecule has 0 aliphatic carbocycles. The summed E-state index contributed by atoms with van der Waals surface area (Å²) in [7, 11) is 2.61. The van der Waals surface area contributed by atoms with Gasteiger partial charge in [-0.15, -0.1) is 0 Å². The zero-order chi connectivity index (χ0) is 33.4. The lowest BCUT2D eigenvalue weighted by atomic mass is 10.0. The highest BCUT2D eigenvalue weighted by molar-refractivity contribution is 6.56. The highest BCUT2D eigenvalue weighted by atomic mass is 16.6. The number of benzene rings is 2. The van der Waals surface area contributed by atoms with Crippen molar-refractivity contribution in [3.63, 3.8) is 0 Å². The average Bonchev–Trinajstić information content (AvgIpc) is 3.56. The summed E-state index contributed by atoms with van der Waals surface area (Å²) in [5.41, 5.74) is -1.35. The van der Waals surface area contributed by atoms with E-state index in [0.29, 0.717) is 12.8 Å². The van der Waals surface area contributed by atoms with Crippen molar-refractivity contribution >= 4 is 39.5 Å². The first-order valence-corrected chi connectivity index (χ1v) is 15.6. The summed E-state index contributed by atoms with van der Waals surface area (Å²) in [6.07, 6.45) is 9.21. The van der Waals surface area contributed by atoms with Gasteiger partial charge in [-0.3, -0.25) is 25.0 Å². The van der Waals surface area contributed by atoms with Crippen molar-refractivity contribution in [1.29, 1.82) is 0 Å². The largest absolute Gasteiger partial charge is 0.505 e. The van der Waals surface area contributed by atoms with Gasteiger partial charge in [-0.25, -0.2) is 4.99 Å². The van der Waals surface area contributed by atoms with Gasteiger partial charge in [0.1, 0.15) is 28.4 Å². The SMILES string of the molecule is CCCCCCCOc1c([N+](=O)[O-])cc(OC)c2c1C(=O)C(c1[nH]c3c(OC)cc([N+](=O)[O-])c(OCCCCCCC)c3c1O)=N2. The van der Waals surface area contributed by atoms with Gasteiger partial charge in [-0.05, 0) is 12.8 Å². The molecular weight excluding hydrogens is 600 g/mol. The van der Waals surface area contributed by atoms with Crippen LogP contribution in [0.2, 0.25) is 0 Å². The predicted molar refractivity (Wildman–Crippen MR) is 172 cm³/mol. The number of methoxy groups -OCH3 is 2. The van der Waals surface area contributed by atoms with Crippen molar-refractivity contribution in [2.75, 3.05) is 27.4 Å². The Balaban J connectivity index is 1.79. The lowest BCUT2D eigenvalue weighted by Crippen LogP contribution is -2.14. The molecule has 3 aromatic rings. The summed E-state index contributed by atoms with van der Waals surface area (Å²) >= 11 is 0. The molecule has 0 amide bonds. The summed E-state index contributed by atoms with van der Waals surface area (Å²) in [5, 5.41) is 35.6. The zero-order valence-corrected chi connectivity index (χ0v) is 26.6. The Hall–Kier alpha value is -4.88. The number of aliphatic imine (C=N–C) groups is 1. The molecule has 1 aliphatic rings. The van der Waals surface area contributed by atoms with Crippen molar-refractivity contribution < 1.29 is 38.7 Å². The normalized spacial score (nSPS) is 12.3. The third-order valence-electron chi connectivity index (χ3n) is 7.87. The van der Waals surface area contributed by atoms with Gasteiger partial charge >= 0.3 is 11.4 Å². The van der Waals surface area contributed by atoms with Gasteiger partial charge in [0.15, 0.2) is 11.5 Å². The van der Waals surface area contributed by atoms with Crippen LogP contribution in [0.4, 0.5) is 17.1 Å². The fourth-order valence-corrected chi connectivity index (χ4v) is 5.49. The van der Waals surface area contributed by atoms with Crippen molar-refractivity contribution in [3.8, 4) is 28.7 Å². The van der Waals surface area contributed by atoms with Crippen LogP contribution >= 0.6 is 0 Å². The molecule has 14 heteroatoms. The average molecular weight is 641 g/mol. The monoisotopic (exact) mass is 640 g/mol. The summed E-state index contributed by atoms with van der Waals surface area (Å²) < 4.78 is 22.5. The molecule has 0 saturated heterocycles. The summed E-state index contributed by atoms with van der Waals surface area (Å²) in [6, 6.07) is 2.33. The molecule has 0 saturated carbocycles. The molecule has 0 fully saturated rings. The third kappa shape index (κ3) is 6.85. The Kier molecular flexibility index (Phi) is 11.4. The molecule has 46 heavy (non-hydrogen) atoms. The van der Waals surface area contributed by atoms with Crippen LogP contribution in [0.5, 0.6) is 28.7 Å². The van der Waals surface area contributed by atoms with Gasteiger partial charge in [0.05, 0.1) is 60.3 Å². The van der Waals surface area contributed by atoms with E-state index >= 15 is 0 Å². The van der Waals surface area contributed by atoms with Crippen molar-refractivity contribution in [1.82, 2.24) is 4.98 Å². The van der Waals surface area contributed by atoms with E-state index < -0.39 is 32.8 Å². The second-order valence-corrected chi connectivity index (χ2v) is 11.0. The lowest BCUT2D eigenvalue weighted by molar-refractivity contribution is -0.386.